The third kappa shape index (κ3) is 4.82. The van der Waals surface area contributed by atoms with Crippen LogP contribution in [0.25, 0.3) is 0 Å². The minimum absolute atomic E-state index is 0.0417. The summed E-state index contributed by atoms with van der Waals surface area (Å²) >= 11 is 0. The minimum Gasteiger partial charge on any atom is -0.493 e. The highest BCUT2D eigenvalue weighted by molar-refractivity contribution is 5.96. The molecule has 0 bridgehead atoms. The van der Waals surface area contributed by atoms with Gasteiger partial charge in [0.25, 0.3) is 5.91 Å². The highest BCUT2D eigenvalue weighted by Crippen LogP contribution is 2.30. The van der Waals surface area contributed by atoms with Gasteiger partial charge in [0, 0.05) is 13.2 Å². The molecular weight excluding hydrogens is 309 g/mol. The van der Waals surface area contributed by atoms with Gasteiger partial charge in [0.1, 0.15) is 5.82 Å². The molecule has 0 aliphatic rings. The monoisotopic (exact) mass is 329 g/mol. The number of carbonyl (C=O) groups excluding carboxylic acids is 1. The Kier molecular flexibility index (Phi) is 6.32. The zero-order chi connectivity index (χ0) is 17.6. The van der Waals surface area contributed by atoms with E-state index in [2.05, 4.69) is 5.32 Å². The lowest BCUT2D eigenvalue weighted by Crippen LogP contribution is -2.51. The van der Waals surface area contributed by atoms with Crippen molar-refractivity contribution < 1.29 is 33.3 Å². The van der Waals surface area contributed by atoms with E-state index in [1.165, 1.54) is 34.3 Å². The van der Waals surface area contributed by atoms with Gasteiger partial charge in [-0.1, -0.05) is 0 Å². The molecule has 0 radical (unpaired) electrons. The Morgan fingerprint density at radius 1 is 1.22 bits per heavy atom. The summed E-state index contributed by atoms with van der Waals surface area (Å²) in [5.74, 6) is -2.37. The first-order chi connectivity index (χ1) is 10.8. The van der Waals surface area contributed by atoms with Crippen LogP contribution in [0.1, 0.15) is 23.7 Å². The van der Waals surface area contributed by atoms with Crippen LogP contribution < -0.4 is 14.8 Å². The van der Waals surface area contributed by atoms with Gasteiger partial charge in [-0.3, -0.25) is 9.59 Å². The van der Waals surface area contributed by atoms with Crippen LogP contribution in [0, 0.1) is 5.82 Å². The van der Waals surface area contributed by atoms with Crippen molar-refractivity contribution in [1.82, 2.24) is 5.32 Å². The van der Waals surface area contributed by atoms with E-state index in [1.807, 2.05) is 0 Å². The Morgan fingerprint density at radius 2 is 1.78 bits per heavy atom. The molecule has 1 atom stereocenters. The van der Waals surface area contributed by atoms with Crippen molar-refractivity contribution in [2.24, 2.45) is 0 Å². The summed E-state index contributed by atoms with van der Waals surface area (Å²) < 4.78 is 29.0. The molecule has 0 fully saturated rings. The quantitative estimate of drug-likeness (QED) is 0.750. The number of benzene rings is 1. The van der Waals surface area contributed by atoms with Crippen LogP contribution in [0.15, 0.2) is 12.1 Å². The molecule has 0 aromatic heterocycles. The second-order valence-electron chi connectivity index (χ2n) is 5.21. The predicted molar refractivity (Wildman–Crippen MR) is 79.5 cm³/mol. The molecule has 23 heavy (non-hydrogen) atoms. The van der Waals surface area contributed by atoms with Crippen molar-refractivity contribution in [1.29, 1.82) is 0 Å². The molecule has 0 aliphatic heterocycles. The number of halogens is 1. The molecular formula is C15H20FNO6. The summed E-state index contributed by atoms with van der Waals surface area (Å²) in [4.78, 5) is 23.3. The lowest BCUT2D eigenvalue weighted by Gasteiger charge is -2.28. The fourth-order valence-electron chi connectivity index (χ4n) is 2.15. The van der Waals surface area contributed by atoms with E-state index in [4.69, 9.17) is 19.3 Å². The van der Waals surface area contributed by atoms with Gasteiger partial charge < -0.3 is 24.6 Å². The number of aliphatic carboxylic acids is 1. The lowest BCUT2D eigenvalue weighted by molar-refractivity contribution is -0.139. The second kappa shape index (κ2) is 7.77. The van der Waals surface area contributed by atoms with Crippen LogP contribution in [-0.4, -0.2) is 50.5 Å². The van der Waals surface area contributed by atoms with E-state index >= 15 is 0 Å². The smallest absolute Gasteiger partial charge is 0.305 e. The first-order valence-corrected chi connectivity index (χ1v) is 6.71. The zero-order valence-corrected chi connectivity index (χ0v) is 13.4. The van der Waals surface area contributed by atoms with E-state index in [0.29, 0.717) is 0 Å². The third-order valence-electron chi connectivity index (χ3n) is 3.14. The molecule has 1 amide bonds. The van der Waals surface area contributed by atoms with Crippen LogP contribution in [-0.2, 0) is 9.53 Å². The topological polar surface area (TPSA) is 94.1 Å². The lowest BCUT2D eigenvalue weighted by atomic mass is 9.98. The average molecular weight is 329 g/mol. The van der Waals surface area contributed by atoms with Crippen molar-refractivity contribution in [2.75, 3.05) is 27.9 Å². The summed E-state index contributed by atoms with van der Waals surface area (Å²) in [6, 6.07) is 2.22. The molecule has 2 N–H and O–H groups in total. The van der Waals surface area contributed by atoms with Gasteiger partial charge in [-0.15, -0.1) is 0 Å². The fraction of sp³-hybridized carbons (Fsp3) is 0.467. The van der Waals surface area contributed by atoms with E-state index in [9.17, 15) is 14.0 Å². The van der Waals surface area contributed by atoms with E-state index in [1.54, 1.807) is 0 Å². The normalized spacial score (nSPS) is 13.1. The van der Waals surface area contributed by atoms with Crippen molar-refractivity contribution >= 4 is 11.9 Å². The highest BCUT2D eigenvalue weighted by Gasteiger charge is 2.31. The van der Waals surface area contributed by atoms with Gasteiger partial charge in [-0.05, 0) is 13.0 Å². The molecule has 7 nitrogen and oxygen atoms in total. The summed E-state index contributed by atoms with van der Waals surface area (Å²) in [6.45, 7) is 1.46. The van der Waals surface area contributed by atoms with Crippen LogP contribution in [0.2, 0.25) is 0 Å². The number of carbonyl (C=O) groups is 2. The standard InChI is InChI=1S/C15H20FNO6/c1-15(8-21-2,7-13(18)19)17-14(20)9-5-11(22-3)12(23-4)6-10(9)16/h5-6H,7-8H2,1-4H3,(H,17,20)(H,18,19). The Bertz CT molecular complexity index is 592. The predicted octanol–water partition coefficient (Wildman–Crippen LogP) is 1.45. The fourth-order valence-corrected chi connectivity index (χ4v) is 2.15. The van der Waals surface area contributed by atoms with Crippen LogP contribution in [0.5, 0.6) is 11.5 Å². The number of carboxylic acid groups (broad SMARTS) is 1. The summed E-state index contributed by atoms with van der Waals surface area (Å²) in [6.07, 6.45) is -0.374. The maximum atomic E-state index is 14.1. The maximum absolute atomic E-state index is 14.1. The molecule has 128 valence electrons. The zero-order valence-electron chi connectivity index (χ0n) is 13.4. The molecule has 8 heteroatoms. The number of amides is 1. The van der Waals surface area contributed by atoms with E-state index in [-0.39, 0.29) is 30.1 Å². The van der Waals surface area contributed by atoms with Crippen LogP contribution >= 0.6 is 0 Å². The number of hydrogen-bond acceptors (Lipinski definition) is 5. The van der Waals surface area contributed by atoms with Gasteiger partial charge in [0.05, 0.1) is 38.3 Å². The molecule has 0 spiro atoms. The Hall–Kier alpha value is -2.35. The minimum atomic E-state index is -1.18. The summed E-state index contributed by atoms with van der Waals surface area (Å²) in [5.41, 5.74) is -1.47. The highest BCUT2D eigenvalue weighted by atomic mass is 19.1. The molecule has 0 saturated carbocycles. The summed E-state index contributed by atoms with van der Waals surface area (Å²) in [7, 11) is 4.08. The number of methoxy groups -OCH3 is 3. The Labute approximate surface area is 133 Å². The van der Waals surface area contributed by atoms with Gasteiger partial charge in [0.2, 0.25) is 0 Å². The van der Waals surface area contributed by atoms with Crippen molar-refractivity contribution in [3.05, 3.63) is 23.5 Å². The average Bonchev–Trinajstić information content (AvgIpc) is 2.45. The number of carboxylic acids is 1. The molecule has 1 aromatic rings. The van der Waals surface area contributed by atoms with Gasteiger partial charge in [-0.25, -0.2) is 4.39 Å². The van der Waals surface area contributed by atoms with Crippen LogP contribution in [0.3, 0.4) is 0 Å². The first-order valence-electron chi connectivity index (χ1n) is 6.71. The molecule has 1 aromatic carbocycles. The molecule has 0 aliphatic carbocycles. The molecule has 0 heterocycles. The van der Waals surface area contributed by atoms with Gasteiger partial charge in [0.15, 0.2) is 11.5 Å². The molecule has 1 rings (SSSR count). The van der Waals surface area contributed by atoms with Crippen molar-refractivity contribution in [2.45, 2.75) is 18.9 Å². The molecule has 0 saturated heterocycles. The van der Waals surface area contributed by atoms with Gasteiger partial charge >= 0.3 is 5.97 Å². The van der Waals surface area contributed by atoms with E-state index in [0.717, 1.165) is 6.07 Å². The van der Waals surface area contributed by atoms with Gasteiger partial charge in [-0.2, -0.15) is 0 Å². The van der Waals surface area contributed by atoms with Crippen LogP contribution in [0.4, 0.5) is 4.39 Å². The summed E-state index contributed by atoms with van der Waals surface area (Å²) in [5, 5.41) is 11.4. The third-order valence-corrected chi connectivity index (χ3v) is 3.14. The maximum Gasteiger partial charge on any atom is 0.305 e. The SMILES string of the molecule is COCC(C)(CC(=O)O)NC(=O)c1cc(OC)c(OC)cc1F. The number of rotatable bonds is 8. The Morgan fingerprint density at radius 3 is 2.26 bits per heavy atom. The number of nitrogens with one attached hydrogen (secondary N) is 1. The molecule has 1 unspecified atom stereocenters. The second-order valence-corrected chi connectivity index (χ2v) is 5.21. The number of hydrogen-bond donors (Lipinski definition) is 2. The number of ether oxygens (including phenoxy) is 3. The Balaban J connectivity index is 3.10. The van der Waals surface area contributed by atoms with Crippen molar-refractivity contribution in [3.8, 4) is 11.5 Å². The van der Waals surface area contributed by atoms with E-state index < -0.39 is 23.2 Å². The largest absolute Gasteiger partial charge is 0.493 e. The van der Waals surface area contributed by atoms with Crippen molar-refractivity contribution in [3.63, 3.8) is 0 Å². The first kappa shape index (κ1) is 18.7.